The second-order valence-electron chi connectivity index (χ2n) is 4.77. The van der Waals surface area contributed by atoms with Gasteiger partial charge in [0.05, 0.1) is 10.2 Å². The zero-order valence-corrected chi connectivity index (χ0v) is 12.6. The molecule has 3 rings (SSSR count). The van der Waals surface area contributed by atoms with Gasteiger partial charge in [-0.25, -0.2) is 4.98 Å². The molecule has 20 heavy (non-hydrogen) atoms. The van der Waals surface area contributed by atoms with E-state index in [1.165, 1.54) is 21.5 Å². The van der Waals surface area contributed by atoms with Crippen molar-refractivity contribution in [3.05, 3.63) is 53.6 Å². The third-order valence-corrected chi connectivity index (χ3v) is 4.48. The van der Waals surface area contributed by atoms with E-state index < -0.39 is 0 Å². The predicted molar refractivity (Wildman–Crippen MR) is 88.1 cm³/mol. The number of fused-ring (bicyclic) bond motifs is 1. The summed E-state index contributed by atoms with van der Waals surface area (Å²) in [7, 11) is 0. The van der Waals surface area contributed by atoms with Gasteiger partial charge in [-0.15, -0.1) is 0 Å². The quantitative estimate of drug-likeness (QED) is 0.714. The van der Waals surface area contributed by atoms with Crippen LogP contribution in [0.15, 0.2) is 42.5 Å². The lowest BCUT2D eigenvalue weighted by Crippen LogP contribution is -1.99. The molecule has 3 aromatic rings. The van der Waals surface area contributed by atoms with Gasteiger partial charge in [-0.2, -0.15) is 0 Å². The van der Waals surface area contributed by atoms with Crippen LogP contribution in [0.25, 0.3) is 10.2 Å². The average Bonchev–Trinajstić information content (AvgIpc) is 2.89. The molecule has 2 nitrogen and oxygen atoms in total. The van der Waals surface area contributed by atoms with Crippen LogP contribution in [0.2, 0.25) is 0 Å². The number of hydrogen-bond donors (Lipinski definition) is 1. The van der Waals surface area contributed by atoms with Gasteiger partial charge < -0.3 is 5.32 Å². The summed E-state index contributed by atoms with van der Waals surface area (Å²) in [5, 5.41) is 4.51. The van der Waals surface area contributed by atoms with Crippen LogP contribution in [-0.2, 0) is 12.8 Å². The second kappa shape index (κ2) is 5.63. The molecule has 0 spiro atoms. The highest BCUT2D eigenvalue weighted by Crippen LogP contribution is 2.31. The van der Waals surface area contributed by atoms with Crippen molar-refractivity contribution in [2.45, 2.75) is 26.7 Å². The number of para-hydroxylation sites is 2. The number of nitrogens with one attached hydrogen (secondary N) is 1. The van der Waals surface area contributed by atoms with E-state index in [1.54, 1.807) is 11.3 Å². The molecule has 102 valence electrons. The minimum atomic E-state index is 0.974. The Hall–Kier alpha value is -1.87. The Kier molecular flexibility index (Phi) is 3.70. The lowest BCUT2D eigenvalue weighted by Gasteiger charge is -2.13. The zero-order valence-electron chi connectivity index (χ0n) is 11.8. The standard InChI is InChI=1S/C17H18N2S/c1-3-12-8-7-9-13(4-2)16(12)19-17-18-14-10-5-6-11-15(14)20-17/h5-11H,3-4H2,1-2H3,(H,18,19). The fourth-order valence-electron chi connectivity index (χ4n) is 2.44. The summed E-state index contributed by atoms with van der Waals surface area (Å²) >= 11 is 1.71. The van der Waals surface area contributed by atoms with Crippen molar-refractivity contribution in [3.8, 4) is 0 Å². The summed E-state index contributed by atoms with van der Waals surface area (Å²) in [6.45, 7) is 4.39. The van der Waals surface area contributed by atoms with Crippen molar-refractivity contribution in [1.29, 1.82) is 0 Å². The molecule has 1 aromatic heterocycles. The summed E-state index contributed by atoms with van der Waals surface area (Å²) in [6.07, 6.45) is 2.06. The predicted octanol–water partition coefficient (Wildman–Crippen LogP) is 5.16. The first-order chi connectivity index (χ1) is 9.81. The van der Waals surface area contributed by atoms with E-state index in [1.807, 2.05) is 6.07 Å². The van der Waals surface area contributed by atoms with E-state index in [2.05, 4.69) is 60.5 Å². The SMILES string of the molecule is CCc1cccc(CC)c1Nc1nc2ccccc2s1. The Morgan fingerprint density at radius 3 is 2.30 bits per heavy atom. The van der Waals surface area contributed by atoms with Gasteiger partial charge in [-0.1, -0.05) is 55.5 Å². The highest BCUT2D eigenvalue weighted by Gasteiger charge is 2.09. The van der Waals surface area contributed by atoms with Crippen molar-refractivity contribution in [1.82, 2.24) is 4.98 Å². The molecule has 1 N–H and O–H groups in total. The van der Waals surface area contributed by atoms with Gasteiger partial charge in [0.25, 0.3) is 0 Å². The molecule has 0 saturated heterocycles. The zero-order chi connectivity index (χ0) is 13.9. The number of benzene rings is 2. The topological polar surface area (TPSA) is 24.9 Å². The number of anilines is 2. The summed E-state index contributed by atoms with van der Waals surface area (Å²) in [6, 6.07) is 14.8. The Balaban J connectivity index is 2.01. The summed E-state index contributed by atoms with van der Waals surface area (Å²) in [4.78, 5) is 4.67. The molecule has 0 bridgehead atoms. The summed E-state index contributed by atoms with van der Waals surface area (Å²) in [5.74, 6) is 0. The van der Waals surface area contributed by atoms with Gasteiger partial charge in [-0.3, -0.25) is 0 Å². The molecule has 3 heteroatoms. The number of nitrogens with zero attached hydrogens (tertiary/aromatic N) is 1. The van der Waals surface area contributed by atoms with Crippen LogP contribution in [-0.4, -0.2) is 4.98 Å². The van der Waals surface area contributed by atoms with Crippen molar-refractivity contribution in [2.24, 2.45) is 0 Å². The third kappa shape index (κ3) is 2.41. The van der Waals surface area contributed by atoms with E-state index in [9.17, 15) is 0 Å². The minimum Gasteiger partial charge on any atom is -0.331 e. The monoisotopic (exact) mass is 282 g/mol. The average molecular weight is 282 g/mol. The molecule has 0 aliphatic carbocycles. The maximum Gasteiger partial charge on any atom is 0.188 e. The molecule has 0 fully saturated rings. The first-order valence-corrected chi connectivity index (χ1v) is 7.86. The van der Waals surface area contributed by atoms with Crippen LogP contribution in [0.4, 0.5) is 10.8 Å². The van der Waals surface area contributed by atoms with Crippen molar-refractivity contribution in [3.63, 3.8) is 0 Å². The lowest BCUT2D eigenvalue weighted by molar-refractivity contribution is 1.09. The molecule has 0 radical (unpaired) electrons. The Bertz CT molecular complexity index is 675. The first kappa shape index (κ1) is 13.1. The molecule has 0 aliphatic heterocycles. The smallest absolute Gasteiger partial charge is 0.188 e. The van der Waals surface area contributed by atoms with E-state index >= 15 is 0 Å². The number of thiazole rings is 1. The maximum absolute atomic E-state index is 4.67. The molecular formula is C17H18N2S. The van der Waals surface area contributed by atoms with Crippen LogP contribution >= 0.6 is 11.3 Å². The molecule has 2 aromatic carbocycles. The minimum absolute atomic E-state index is 0.974. The van der Waals surface area contributed by atoms with E-state index in [0.29, 0.717) is 0 Å². The highest BCUT2D eigenvalue weighted by molar-refractivity contribution is 7.22. The van der Waals surface area contributed by atoms with E-state index in [-0.39, 0.29) is 0 Å². The van der Waals surface area contributed by atoms with Gasteiger partial charge in [-0.05, 0) is 36.1 Å². The summed E-state index contributed by atoms with van der Waals surface area (Å²) in [5.41, 5.74) is 5.00. The van der Waals surface area contributed by atoms with Gasteiger partial charge in [0, 0.05) is 5.69 Å². The summed E-state index contributed by atoms with van der Waals surface area (Å²) < 4.78 is 1.22. The number of aromatic nitrogens is 1. The van der Waals surface area contributed by atoms with E-state index in [0.717, 1.165) is 23.5 Å². The van der Waals surface area contributed by atoms with Gasteiger partial charge in [0.1, 0.15) is 0 Å². The van der Waals surface area contributed by atoms with Crippen LogP contribution in [0.3, 0.4) is 0 Å². The molecule has 1 heterocycles. The van der Waals surface area contributed by atoms with Crippen molar-refractivity contribution < 1.29 is 0 Å². The molecular weight excluding hydrogens is 264 g/mol. The maximum atomic E-state index is 4.67. The lowest BCUT2D eigenvalue weighted by atomic mass is 10.0. The highest BCUT2D eigenvalue weighted by atomic mass is 32.1. The second-order valence-corrected chi connectivity index (χ2v) is 5.80. The third-order valence-electron chi connectivity index (χ3n) is 3.52. The Morgan fingerprint density at radius 1 is 0.950 bits per heavy atom. The Labute approximate surface area is 123 Å². The van der Waals surface area contributed by atoms with Gasteiger partial charge >= 0.3 is 0 Å². The number of aryl methyl sites for hydroxylation is 2. The van der Waals surface area contributed by atoms with Crippen molar-refractivity contribution in [2.75, 3.05) is 5.32 Å². The number of hydrogen-bond acceptors (Lipinski definition) is 3. The fraction of sp³-hybridized carbons (Fsp3) is 0.235. The Morgan fingerprint density at radius 2 is 1.65 bits per heavy atom. The van der Waals surface area contributed by atoms with Gasteiger partial charge in [0.2, 0.25) is 0 Å². The first-order valence-electron chi connectivity index (χ1n) is 7.05. The normalized spacial score (nSPS) is 10.9. The molecule has 0 aliphatic rings. The van der Waals surface area contributed by atoms with E-state index in [4.69, 9.17) is 0 Å². The molecule has 0 unspecified atom stereocenters. The molecule has 0 amide bonds. The van der Waals surface area contributed by atoms with Crippen molar-refractivity contribution >= 4 is 32.4 Å². The van der Waals surface area contributed by atoms with Crippen LogP contribution in [0.1, 0.15) is 25.0 Å². The van der Waals surface area contributed by atoms with Crippen LogP contribution in [0, 0.1) is 0 Å². The largest absolute Gasteiger partial charge is 0.331 e. The van der Waals surface area contributed by atoms with Crippen LogP contribution in [0.5, 0.6) is 0 Å². The fourth-order valence-corrected chi connectivity index (χ4v) is 3.31. The molecule has 0 atom stereocenters. The molecule has 0 saturated carbocycles. The van der Waals surface area contributed by atoms with Crippen LogP contribution < -0.4 is 5.32 Å². The number of rotatable bonds is 4. The van der Waals surface area contributed by atoms with Gasteiger partial charge in [0.15, 0.2) is 5.13 Å².